The Morgan fingerprint density at radius 2 is 2.32 bits per heavy atom. The maximum absolute atomic E-state index is 12.1. The van der Waals surface area contributed by atoms with E-state index >= 15 is 0 Å². The summed E-state index contributed by atoms with van der Waals surface area (Å²) in [5, 5.41) is 4.34. The summed E-state index contributed by atoms with van der Waals surface area (Å²) >= 11 is 5.99. The average molecular weight is 277 g/mol. The Hall–Kier alpha value is -1.65. The van der Waals surface area contributed by atoms with Crippen LogP contribution >= 0.6 is 11.6 Å². The molecule has 1 aromatic heterocycles. The van der Waals surface area contributed by atoms with Gasteiger partial charge in [0.05, 0.1) is 11.2 Å². The van der Waals surface area contributed by atoms with Crippen molar-refractivity contribution in [2.75, 3.05) is 11.9 Å². The lowest BCUT2D eigenvalue weighted by Crippen LogP contribution is -2.26. The van der Waals surface area contributed by atoms with E-state index in [-0.39, 0.29) is 12.0 Å². The smallest absolute Gasteiger partial charge is 0.253 e. The van der Waals surface area contributed by atoms with Crippen LogP contribution < -0.4 is 5.32 Å². The zero-order valence-electron chi connectivity index (χ0n) is 10.2. The van der Waals surface area contributed by atoms with E-state index in [1.54, 1.807) is 24.4 Å². The van der Waals surface area contributed by atoms with Crippen molar-refractivity contribution in [1.82, 2.24) is 4.98 Å². The quantitative estimate of drug-likeness (QED) is 0.917. The lowest BCUT2D eigenvalue weighted by molar-refractivity contribution is -0.124. The highest BCUT2D eigenvalue weighted by atomic mass is 35.5. The Morgan fingerprint density at radius 1 is 1.42 bits per heavy atom. The Bertz CT molecular complexity index is 624. The number of halogens is 1. The summed E-state index contributed by atoms with van der Waals surface area (Å²) in [5.41, 5.74) is 1.52. The van der Waals surface area contributed by atoms with Gasteiger partial charge in [-0.1, -0.05) is 11.6 Å². The molecule has 19 heavy (non-hydrogen) atoms. The predicted octanol–water partition coefficient (Wildman–Crippen LogP) is 3.01. The first-order valence-electron chi connectivity index (χ1n) is 6.21. The number of hydrogen-bond acceptors (Lipinski definition) is 3. The van der Waals surface area contributed by atoms with E-state index in [0.717, 1.165) is 23.7 Å². The van der Waals surface area contributed by atoms with E-state index in [9.17, 15) is 4.79 Å². The van der Waals surface area contributed by atoms with Gasteiger partial charge in [0.25, 0.3) is 5.91 Å². The number of carbonyl (C=O) groups is 1. The van der Waals surface area contributed by atoms with Gasteiger partial charge in [-0.15, -0.1) is 0 Å². The second-order valence-corrected chi connectivity index (χ2v) is 4.95. The highest BCUT2D eigenvalue weighted by molar-refractivity contribution is 6.31. The second-order valence-electron chi connectivity index (χ2n) is 4.51. The molecule has 1 fully saturated rings. The molecule has 1 aromatic carbocycles. The van der Waals surface area contributed by atoms with Crippen LogP contribution in [0, 0.1) is 0 Å². The highest BCUT2D eigenvalue weighted by Crippen LogP contribution is 2.25. The van der Waals surface area contributed by atoms with Crippen molar-refractivity contribution in [2.45, 2.75) is 18.9 Å². The van der Waals surface area contributed by atoms with Crippen molar-refractivity contribution in [3.8, 4) is 0 Å². The van der Waals surface area contributed by atoms with Crippen LogP contribution in [0.15, 0.2) is 30.5 Å². The molecule has 1 atom stereocenters. The molecule has 3 rings (SSSR count). The Balaban J connectivity index is 1.91. The van der Waals surface area contributed by atoms with Crippen LogP contribution in [-0.2, 0) is 9.53 Å². The number of fused-ring (bicyclic) bond motifs is 1. The third-order valence-corrected chi connectivity index (χ3v) is 3.42. The summed E-state index contributed by atoms with van der Waals surface area (Å²) in [7, 11) is 0. The lowest BCUT2D eigenvalue weighted by Gasteiger charge is -2.12. The van der Waals surface area contributed by atoms with Gasteiger partial charge in [-0.25, -0.2) is 0 Å². The van der Waals surface area contributed by atoms with Gasteiger partial charge in [-0.3, -0.25) is 9.78 Å². The van der Waals surface area contributed by atoms with Crippen LogP contribution in [0.2, 0.25) is 5.02 Å². The lowest BCUT2D eigenvalue weighted by atomic mass is 10.1. The Kier molecular flexibility index (Phi) is 3.36. The zero-order chi connectivity index (χ0) is 13.2. The first-order chi connectivity index (χ1) is 9.24. The second kappa shape index (κ2) is 5.15. The molecule has 4 nitrogen and oxygen atoms in total. The van der Waals surface area contributed by atoms with Gasteiger partial charge in [-0.05, 0) is 37.1 Å². The van der Waals surface area contributed by atoms with E-state index in [4.69, 9.17) is 16.3 Å². The first-order valence-corrected chi connectivity index (χ1v) is 6.58. The number of anilines is 1. The Labute approximate surface area is 115 Å². The number of benzene rings is 1. The molecule has 2 aromatic rings. The van der Waals surface area contributed by atoms with Crippen LogP contribution in [0.4, 0.5) is 5.69 Å². The molecule has 1 unspecified atom stereocenters. The summed E-state index contributed by atoms with van der Waals surface area (Å²) in [5.74, 6) is -0.107. The van der Waals surface area contributed by atoms with Crippen molar-refractivity contribution < 1.29 is 9.53 Å². The fourth-order valence-electron chi connectivity index (χ4n) is 2.23. The van der Waals surface area contributed by atoms with Gasteiger partial charge in [0.2, 0.25) is 0 Å². The molecule has 0 saturated carbocycles. The summed E-state index contributed by atoms with van der Waals surface area (Å²) in [6.07, 6.45) is 3.03. The molecule has 1 aliphatic heterocycles. The number of rotatable bonds is 2. The molecule has 0 radical (unpaired) electrons. The normalized spacial score (nSPS) is 18.7. The molecule has 1 amide bonds. The van der Waals surface area contributed by atoms with Crippen molar-refractivity contribution in [1.29, 1.82) is 0 Å². The molecular formula is C14H13ClN2O2. The van der Waals surface area contributed by atoms with Crippen LogP contribution in [-0.4, -0.2) is 23.6 Å². The fourth-order valence-corrected chi connectivity index (χ4v) is 2.40. The Morgan fingerprint density at radius 3 is 3.11 bits per heavy atom. The van der Waals surface area contributed by atoms with Gasteiger partial charge in [0, 0.05) is 23.2 Å². The number of ether oxygens (including phenoxy) is 1. The highest BCUT2D eigenvalue weighted by Gasteiger charge is 2.23. The molecule has 1 saturated heterocycles. The summed E-state index contributed by atoms with van der Waals surface area (Å²) in [6.45, 7) is 0.654. The molecular weight excluding hydrogens is 264 g/mol. The van der Waals surface area contributed by atoms with E-state index in [0.29, 0.717) is 17.3 Å². The number of nitrogens with zero attached hydrogens (tertiary/aromatic N) is 1. The van der Waals surface area contributed by atoms with E-state index in [2.05, 4.69) is 10.3 Å². The molecule has 0 bridgehead atoms. The molecule has 0 aliphatic carbocycles. The maximum atomic E-state index is 12.1. The van der Waals surface area contributed by atoms with Crippen molar-refractivity contribution >= 4 is 34.1 Å². The standard InChI is InChI=1S/C14H13ClN2O2/c15-9-3-4-11-10(8-9)12(5-6-16-11)17-14(18)13-2-1-7-19-13/h3-6,8,13H,1-2,7H2,(H,16,17,18). The van der Waals surface area contributed by atoms with Crippen LogP contribution in [0.1, 0.15) is 12.8 Å². The summed E-state index contributed by atoms with van der Waals surface area (Å²) in [6, 6.07) is 7.18. The number of nitrogens with one attached hydrogen (secondary N) is 1. The first kappa shape index (κ1) is 12.4. The van der Waals surface area contributed by atoms with Crippen LogP contribution in [0.3, 0.4) is 0 Å². The SMILES string of the molecule is O=C(Nc1ccnc2ccc(Cl)cc12)C1CCCO1. The molecule has 5 heteroatoms. The molecule has 1 aliphatic rings. The third-order valence-electron chi connectivity index (χ3n) is 3.18. The third kappa shape index (κ3) is 2.55. The van der Waals surface area contributed by atoms with Crippen molar-refractivity contribution in [2.24, 2.45) is 0 Å². The minimum atomic E-state index is -0.345. The number of carbonyl (C=O) groups excluding carboxylic acids is 1. The number of amides is 1. The van der Waals surface area contributed by atoms with E-state index < -0.39 is 0 Å². The van der Waals surface area contributed by atoms with Gasteiger partial charge in [-0.2, -0.15) is 0 Å². The fraction of sp³-hybridized carbons (Fsp3) is 0.286. The van der Waals surface area contributed by atoms with Crippen LogP contribution in [0.25, 0.3) is 10.9 Å². The topological polar surface area (TPSA) is 51.2 Å². The van der Waals surface area contributed by atoms with Crippen molar-refractivity contribution in [3.63, 3.8) is 0 Å². The molecule has 1 N–H and O–H groups in total. The molecule has 98 valence electrons. The van der Waals surface area contributed by atoms with E-state index in [1.807, 2.05) is 6.07 Å². The zero-order valence-corrected chi connectivity index (χ0v) is 11.0. The largest absolute Gasteiger partial charge is 0.368 e. The van der Waals surface area contributed by atoms with Gasteiger partial charge in [0.1, 0.15) is 6.10 Å². The minimum absolute atomic E-state index is 0.107. The number of hydrogen-bond donors (Lipinski definition) is 1. The maximum Gasteiger partial charge on any atom is 0.253 e. The number of aromatic nitrogens is 1. The van der Waals surface area contributed by atoms with Gasteiger partial charge >= 0.3 is 0 Å². The molecule has 0 spiro atoms. The van der Waals surface area contributed by atoms with E-state index in [1.165, 1.54) is 0 Å². The minimum Gasteiger partial charge on any atom is -0.368 e. The van der Waals surface area contributed by atoms with Crippen LogP contribution in [0.5, 0.6) is 0 Å². The number of pyridine rings is 1. The van der Waals surface area contributed by atoms with Gasteiger partial charge < -0.3 is 10.1 Å². The summed E-state index contributed by atoms with van der Waals surface area (Å²) < 4.78 is 5.37. The molecule has 2 heterocycles. The monoisotopic (exact) mass is 276 g/mol. The average Bonchev–Trinajstić information content (AvgIpc) is 2.93. The van der Waals surface area contributed by atoms with Gasteiger partial charge in [0.15, 0.2) is 0 Å². The van der Waals surface area contributed by atoms with Crippen molar-refractivity contribution in [3.05, 3.63) is 35.5 Å². The predicted molar refractivity (Wildman–Crippen MR) is 74.4 cm³/mol. The summed E-state index contributed by atoms with van der Waals surface area (Å²) in [4.78, 5) is 16.3.